The van der Waals surface area contributed by atoms with Crippen LogP contribution in [0.1, 0.15) is 160 Å². The summed E-state index contributed by atoms with van der Waals surface area (Å²) in [6.45, 7) is 18.2. The SMILES string of the molecule is CC[C@H](C)C(C(CC(=O)N1CCCC1C(OC)C(C)C(=O)N[C@@H](Cc1ccccc1)C(=O)NCCc1ccc(NC(=O)C(NC(=O)[C@H](NC(=O)CCCCCNC(=O)CCC(NC(=O)c2ccc(NCc3cnc4nc(N)[nH]c(=O)c4n3)cc2)C(=O)O)C(C)C)[I-]CCCNC(N)=O)cc1)OC)N(C)C(=O)[C@@H](NC(=O)C(C(C)C)N(C)C)C(C)C. The number of hydrogen-bond donors (Lipinski definition) is 14. The molecule has 120 heavy (non-hydrogen) atoms. The van der Waals surface area contributed by atoms with Gasteiger partial charge in [-0.05, 0) is 80.9 Å². The Hall–Kier alpha value is -10.5. The van der Waals surface area contributed by atoms with Crippen LogP contribution in [0.3, 0.4) is 0 Å². The molecular weight excluding hydrogens is 1660 g/mol. The van der Waals surface area contributed by atoms with E-state index < -0.39 is 151 Å². The van der Waals surface area contributed by atoms with Gasteiger partial charge in [0.15, 0.2) is 11.2 Å². The van der Waals surface area contributed by atoms with Crippen molar-refractivity contribution in [2.45, 2.75) is 211 Å². The van der Waals surface area contributed by atoms with E-state index in [1.807, 2.05) is 90.9 Å². The number of unbranched alkanes of at least 4 members (excludes halogenated alkanes) is 2. The minimum Gasteiger partial charge on any atom is -0.379 e. The number of likely N-dealkylation sites (N-methyl/N-ethyl adjacent to an activating group) is 2. The minimum absolute atomic E-state index is 0.0137. The number of hydrogen-bond acceptors (Lipinski definition) is 21. The number of nitrogens with one attached hydrogen (secondary N) is 11. The molecule has 16 N–H and O–H groups in total. The fourth-order valence-corrected chi connectivity index (χ4v) is 17.0. The molecule has 8 unspecified atom stereocenters. The van der Waals surface area contributed by atoms with E-state index >= 15 is 0 Å². The molecule has 1 aliphatic rings. The van der Waals surface area contributed by atoms with Gasteiger partial charge in [0.1, 0.15) is 12.1 Å². The summed E-state index contributed by atoms with van der Waals surface area (Å²) >= 11 is -1.10. The average molecular weight is 1780 g/mol. The molecule has 6 rings (SSSR count). The maximum atomic E-state index is 14.7. The van der Waals surface area contributed by atoms with Crippen LogP contribution in [0, 0.1) is 29.6 Å². The van der Waals surface area contributed by atoms with Crippen molar-refractivity contribution in [1.82, 2.24) is 77.2 Å². The number of nitrogen functional groups attached to an aromatic ring is 1. The molecule has 12 atom stereocenters. The summed E-state index contributed by atoms with van der Waals surface area (Å²) < 4.78 is 11.8. The predicted molar refractivity (Wildman–Crippen MR) is 451 cm³/mol. The van der Waals surface area contributed by atoms with Crippen molar-refractivity contribution < 1.29 is 93.3 Å². The van der Waals surface area contributed by atoms with Gasteiger partial charge in [-0.1, -0.05) is 85.2 Å². The van der Waals surface area contributed by atoms with Gasteiger partial charge in [-0.2, -0.15) is 4.98 Å². The van der Waals surface area contributed by atoms with Crippen molar-refractivity contribution >= 4 is 99.6 Å². The number of aromatic nitrogens is 4. The first-order valence-electron chi connectivity index (χ1n) is 41.0. The van der Waals surface area contributed by atoms with E-state index in [1.54, 1.807) is 74.0 Å². The largest absolute Gasteiger partial charge is 0.379 e. The third-order valence-electron chi connectivity index (χ3n) is 21.2. The van der Waals surface area contributed by atoms with Gasteiger partial charge in [-0.3, -0.25) is 43.4 Å². The number of nitrogens with zero attached hydrogens (tertiary/aromatic N) is 6. The molecule has 3 heterocycles. The van der Waals surface area contributed by atoms with Crippen LogP contribution in [0.25, 0.3) is 11.2 Å². The smallest absolute Gasteiger partial charge is 0.245 e. The number of nitrogens with two attached hydrogens (primary N) is 2. The second-order valence-corrected chi connectivity index (χ2v) is 34.8. The number of methoxy groups -OCH3 is 2. The molecule has 0 spiro atoms. The van der Waals surface area contributed by atoms with Crippen molar-refractivity contribution in [2.75, 3.05) is 82.3 Å². The molecule has 1 saturated heterocycles. The van der Waals surface area contributed by atoms with Crippen molar-refractivity contribution in [3.8, 4) is 0 Å². The fraction of sp³-hybridized carbons (Fsp3) is 0.571. The topological polar surface area (TPSA) is 497 Å². The van der Waals surface area contributed by atoms with Crippen LogP contribution in [-0.4, -0.2) is 235 Å². The van der Waals surface area contributed by atoms with Gasteiger partial charge < -0.3 is 51.4 Å². The first-order valence-corrected chi connectivity index (χ1v) is 43.8. The van der Waals surface area contributed by atoms with Gasteiger partial charge in [-0.25, -0.2) is 14.8 Å². The second-order valence-electron chi connectivity index (χ2n) is 31.6. The number of rotatable bonds is 50. The number of halogens is 1. The molecule has 2 aromatic heterocycles. The molecule has 35 nitrogen and oxygen atoms in total. The Morgan fingerprint density at radius 1 is 0.675 bits per heavy atom. The first kappa shape index (κ1) is 98.4. The number of benzene rings is 3. The number of ether oxygens (including phenoxy) is 2. The van der Waals surface area contributed by atoms with Gasteiger partial charge in [0.2, 0.25) is 35.5 Å². The summed E-state index contributed by atoms with van der Waals surface area (Å²) in [5.41, 5.74) is 13.7. The monoisotopic (exact) mass is 1780 g/mol. The number of alkyl halides is 2. The van der Waals surface area contributed by atoms with E-state index in [-0.39, 0.29) is 116 Å². The van der Waals surface area contributed by atoms with Gasteiger partial charge >= 0.3 is 252 Å². The fourth-order valence-electron chi connectivity index (χ4n) is 14.5. The number of aromatic amines is 1. The van der Waals surface area contributed by atoms with Crippen LogP contribution in [-0.2, 0) is 76.8 Å². The Kier molecular flexibility index (Phi) is 40.4. The molecule has 0 bridgehead atoms. The van der Waals surface area contributed by atoms with Crippen LogP contribution in [0.15, 0.2) is 89.9 Å². The van der Waals surface area contributed by atoms with E-state index in [1.165, 1.54) is 32.5 Å². The third-order valence-corrected chi connectivity index (χ3v) is 24.3. The van der Waals surface area contributed by atoms with E-state index in [0.29, 0.717) is 79.4 Å². The number of anilines is 3. The zero-order valence-electron chi connectivity index (χ0n) is 71.5. The normalized spacial score (nSPS) is 15.5. The van der Waals surface area contributed by atoms with Gasteiger partial charge in [-0.15, -0.1) is 0 Å². The van der Waals surface area contributed by atoms with Crippen molar-refractivity contribution in [3.63, 3.8) is 0 Å². The van der Waals surface area contributed by atoms with E-state index in [9.17, 15) is 67.4 Å². The molecule has 12 amide bonds. The first-order chi connectivity index (χ1) is 57.0. The Balaban J connectivity index is 0.970. The maximum absolute atomic E-state index is 14.7. The molecule has 36 heteroatoms. The van der Waals surface area contributed by atoms with Crippen molar-refractivity contribution in [3.05, 3.63) is 118 Å². The number of carboxylic acid groups (broad SMARTS) is 1. The third kappa shape index (κ3) is 30.7. The minimum atomic E-state index is -1.37. The number of urea groups is 1. The van der Waals surface area contributed by atoms with E-state index in [0.717, 1.165) is 11.1 Å². The average Bonchev–Trinajstić information content (AvgIpc) is 1.76. The van der Waals surface area contributed by atoms with Gasteiger partial charge in [0.25, 0.3) is 11.5 Å². The molecule has 0 radical (unpaired) electrons. The number of primary amides is 1. The number of carboxylic acids is 1. The number of amides is 12. The summed E-state index contributed by atoms with van der Waals surface area (Å²) in [5.74, 6) is -7.21. The molecule has 660 valence electrons. The quantitative estimate of drug-likeness (QED) is 0.0112. The Labute approximate surface area is 712 Å². The molecule has 0 saturated carbocycles. The van der Waals surface area contributed by atoms with Crippen LogP contribution >= 0.6 is 0 Å². The second kappa shape index (κ2) is 49.3. The number of carbonyl (C=O) groups excluding carboxylic acids is 11. The molecule has 1 aliphatic heterocycles. The summed E-state index contributed by atoms with van der Waals surface area (Å²) in [5, 5.41) is 38.4. The van der Waals surface area contributed by atoms with E-state index in [4.69, 9.17) is 20.9 Å². The van der Waals surface area contributed by atoms with Gasteiger partial charge in [0.05, 0.1) is 61.1 Å². The molecular formula is C84H125IN19O16-. The maximum Gasteiger partial charge on any atom is 0.245 e. The standard InChI is InChI=1S/C84H125IN19O16/c1-15-51(8)70(103(12)81(115)67(49(4)5)98-79(113)69(50(6)7)102(10)11)62(119-13)45-65(107)104-43-22-26-61(104)71(120-14)52(9)74(108)96-60(44-54-24-18-16-19-25-54)76(110)89-42-38-53-28-32-57(33-29-53)94-80(114)72(85-39-23-41-90-84(87)118)99-77(111)66(48(2)3)97-64(106)27-20-17-21-40-88-63(105)37-36-59(82(116)117)95-75(109)55-30-34-56(35-31-55)91-46-58-47-92-73-68(93-58)78(112)101-83(86)100-73/h16,18-19,24-25,28-35,47-52,59-62,66-67,69-72,91H,15,17,20-23,26-27,36-46H2,1-14H3,(H,88,105)(H,89,110)(H,94,114)(H,95,109)(H,96,108)(H,97,106)(H,98,113)(H,99,111)(H,116,117)(H3,87,90,118)(H3,86,92,100,101,112)/q-1/t51-,52?,59?,60-,61?,62?,66+,67-,69?,70?,71?,72?/m0/s1. The van der Waals surface area contributed by atoms with Crippen LogP contribution in [0.2, 0.25) is 0 Å². The van der Waals surface area contributed by atoms with Crippen LogP contribution in [0.5, 0.6) is 0 Å². The Morgan fingerprint density at radius 3 is 1.98 bits per heavy atom. The number of aliphatic carboxylic acids is 1. The van der Waals surface area contributed by atoms with Gasteiger partial charge in [0, 0.05) is 51.9 Å². The Bertz CT molecular complexity index is 4280. The number of likely N-dealkylation sites (tertiary alicyclic amines) is 1. The number of carbonyl (C=O) groups is 12. The molecule has 3 aromatic carbocycles. The number of H-pyrrole nitrogens is 1. The van der Waals surface area contributed by atoms with E-state index in [2.05, 4.69) is 73.1 Å². The zero-order chi connectivity index (χ0) is 88.4. The van der Waals surface area contributed by atoms with Crippen molar-refractivity contribution in [2.24, 2.45) is 35.3 Å². The van der Waals surface area contributed by atoms with Crippen molar-refractivity contribution in [1.29, 1.82) is 0 Å². The molecule has 0 aliphatic carbocycles. The summed E-state index contributed by atoms with van der Waals surface area (Å²) in [6, 6.07) is 16.0. The molecule has 1 fully saturated rings. The molecule has 5 aromatic rings. The summed E-state index contributed by atoms with van der Waals surface area (Å²) in [7, 11) is 8.39. The number of fused-ring (bicyclic) bond motifs is 1. The summed E-state index contributed by atoms with van der Waals surface area (Å²) in [4.78, 5) is 195. The Morgan fingerprint density at radius 2 is 1.35 bits per heavy atom. The summed E-state index contributed by atoms with van der Waals surface area (Å²) in [6.07, 6.45) is 3.81. The zero-order valence-corrected chi connectivity index (χ0v) is 73.6. The predicted octanol–water partition coefficient (Wildman–Crippen LogP) is 0.950. The van der Waals surface area contributed by atoms with Crippen LogP contribution < -0.4 is 91.4 Å². The van der Waals surface area contributed by atoms with Crippen LogP contribution in [0.4, 0.5) is 22.1 Å².